The number of aliphatic hydroxyl groups excluding tert-OH is 1. The van der Waals surface area contributed by atoms with Gasteiger partial charge in [-0.2, -0.15) is 0 Å². The lowest BCUT2D eigenvalue weighted by Gasteiger charge is -2.37. The van der Waals surface area contributed by atoms with Crippen molar-refractivity contribution in [3.63, 3.8) is 0 Å². The van der Waals surface area contributed by atoms with Crippen molar-refractivity contribution >= 4 is 34.7 Å². The summed E-state index contributed by atoms with van der Waals surface area (Å²) < 4.78 is 0. The third kappa shape index (κ3) is 3.27. The van der Waals surface area contributed by atoms with E-state index in [1.165, 1.54) is 0 Å². The summed E-state index contributed by atoms with van der Waals surface area (Å²) in [6, 6.07) is 6.22. The van der Waals surface area contributed by atoms with Crippen LogP contribution >= 0.6 is 24.0 Å². The number of hydrogen-bond acceptors (Lipinski definition) is 4. The minimum Gasteiger partial charge on any atom is -0.393 e. The minimum atomic E-state index is -0.201. The van der Waals surface area contributed by atoms with E-state index in [2.05, 4.69) is 36.9 Å². The largest absolute Gasteiger partial charge is 0.393 e. The second kappa shape index (κ2) is 6.78. The van der Waals surface area contributed by atoms with Gasteiger partial charge in [0.1, 0.15) is 4.99 Å². The Morgan fingerprint density at radius 3 is 2.90 bits per heavy atom. The van der Waals surface area contributed by atoms with Crippen molar-refractivity contribution in [2.45, 2.75) is 31.3 Å². The Bertz CT molecular complexity index is 493. The Balaban J connectivity index is 2.35. The van der Waals surface area contributed by atoms with Crippen LogP contribution in [0.4, 0.5) is 5.69 Å². The Labute approximate surface area is 130 Å². The summed E-state index contributed by atoms with van der Waals surface area (Å²) >= 11 is 7.03. The molecule has 0 saturated carbocycles. The van der Waals surface area contributed by atoms with Crippen LogP contribution in [0.25, 0.3) is 0 Å². The molecule has 0 bridgehead atoms. The van der Waals surface area contributed by atoms with E-state index < -0.39 is 0 Å². The highest BCUT2D eigenvalue weighted by molar-refractivity contribution is 7.99. The van der Waals surface area contributed by atoms with Crippen LogP contribution in [0.15, 0.2) is 23.1 Å². The maximum absolute atomic E-state index is 9.88. The van der Waals surface area contributed by atoms with Gasteiger partial charge in [0, 0.05) is 29.2 Å². The topological polar surface area (TPSA) is 49.5 Å². The van der Waals surface area contributed by atoms with Crippen molar-refractivity contribution in [2.24, 2.45) is 11.7 Å². The van der Waals surface area contributed by atoms with Crippen LogP contribution in [-0.2, 0) is 0 Å². The second-order valence-electron chi connectivity index (χ2n) is 5.23. The first-order valence-corrected chi connectivity index (χ1v) is 8.42. The molecule has 110 valence electrons. The lowest BCUT2D eigenvalue weighted by atomic mass is 9.95. The molecular weight excluding hydrogens is 288 g/mol. The van der Waals surface area contributed by atoms with Crippen LogP contribution in [0.2, 0.25) is 0 Å². The molecule has 2 rings (SSSR count). The number of benzene rings is 1. The van der Waals surface area contributed by atoms with Gasteiger partial charge in [0.05, 0.1) is 6.10 Å². The number of nitrogens with zero attached hydrogens (tertiary/aromatic N) is 1. The number of hydrogen-bond donors (Lipinski definition) is 2. The van der Waals surface area contributed by atoms with Gasteiger partial charge in [0.2, 0.25) is 0 Å². The maximum Gasteiger partial charge on any atom is 0.107 e. The number of nitrogens with two attached hydrogens (primary N) is 1. The summed E-state index contributed by atoms with van der Waals surface area (Å²) in [5.41, 5.74) is 8.05. The third-order valence-electron chi connectivity index (χ3n) is 3.75. The molecule has 0 aliphatic carbocycles. The van der Waals surface area contributed by atoms with Gasteiger partial charge in [-0.25, -0.2) is 0 Å². The molecule has 1 aliphatic rings. The van der Waals surface area contributed by atoms with E-state index in [0.717, 1.165) is 41.4 Å². The quantitative estimate of drug-likeness (QED) is 0.661. The van der Waals surface area contributed by atoms with Crippen molar-refractivity contribution < 1.29 is 5.11 Å². The molecule has 20 heavy (non-hydrogen) atoms. The number of anilines is 1. The van der Waals surface area contributed by atoms with E-state index in [-0.39, 0.29) is 12.0 Å². The van der Waals surface area contributed by atoms with Gasteiger partial charge in [0.25, 0.3) is 0 Å². The Kier molecular flexibility index (Phi) is 5.29. The van der Waals surface area contributed by atoms with E-state index in [9.17, 15) is 5.11 Å². The predicted molar refractivity (Wildman–Crippen MR) is 90.7 cm³/mol. The molecule has 1 aliphatic heterocycles. The molecule has 1 aromatic carbocycles. The van der Waals surface area contributed by atoms with Gasteiger partial charge in [-0.3, -0.25) is 0 Å². The molecule has 3 N–H and O–H groups in total. The first-order valence-electron chi connectivity index (χ1n) is 7.03. The van der Waals surface area contributed by atoms with E-state index in [4.69, 9.17) is 18.0 Å². The summed E-state index contributed by atoms with van der Waals surface area (Å²) in [7, 11) is 0. The molecule has 5 heteroatoms. The zero-order chi connectivity index (χ0) is 14.7. The summed E-state index contributed by atoms with van der Waals surface area (Å²) in [6.07, 6.45) is 0.594. The number of rotatable bonds is 4. The van der Waals surface area contributed by atoms with Crippen LogP contribution in [-0.4, -0.2) is 35.0 Å². The fourth-order valence-electron chi connectivity index (χ4n) is 2.66. The first kappa shape index (κ1) is 15.6. The standard InChI is InChI=1S/C15H22N2OS2/c1-3-20-13-6-4-5-11(14(13)15(16)19)17-8-7-12(18)10(2)9-17/h4-6,10,12,18H,3,7-9H2,1-2H3,(H2,16,19). The fraction of sp³-hybridized carbons (Fsp3) is 0.533. The second-order valence-corrected chi connectivity index (χ2v) is 6.97. The van der Waals surface area contributed by atoms with Crippen molar-refractivity contribution in [2.75, 3.05) is 23.7 Å². The van der Waals surface area contributed by atoms with Gasteiger partial charge in [-0.15, -0.1) is 11.8 Å². The summed E-state index contributed by atoms with van der Waals surface area (Å²) in [5, 5.41) is 9.88. The fourth-order valence-corrected chi connectivity index (χ4v) is 3.78. The lowest BCUT2D eigenvalue weighted by Crippen LogP contribution is -2.42. The molecule has 0 spiro atoms. The van der Waals surface area contributed by atoms with E-state index in [0.29, 0.717) is 4.99 Å². The molecule has 1 aromatic rings. The van der Waals surface area contributed by atoms with Crippen LogP contribution in [0, 0.1) is 5.92 Å². The summed E-state index contributed by atoms with van der Waals surface area (Å²) in [5.74, 6) is 1.26. The summed E-state index contributed by atoms with van der Waals surface area (Å²) in [4.78, 5) is 3.90. The van der Waals surface area contributed by atoms with E-state index in [1.807, 2.05) is 0 Å². The highest BCUT2D eigenvalue weighted by Gasteiger charge is 2.26. The van der Waals surface area contributed by atoms with Gasteiger partial charge in [-0.05, 0) is 30.2 Å². The van der Waals surface area contributed by atoms with Crippen molar-refractivity contribution in [1.29, 1.82) is 0 Å². The van der Waals surface area contributed by atoms with Gasteiger partial charge in [-0.1, -0.05) is 32.1 Å². The Morgan fingerprint density at radius 2 is 2.30 bits per heavy atom. The van der Waals surface area contributed by atoms with Crippen LogP contribution in [0.1, 0.15) is 25.8 Å². The molecule has 1 heterocycles. The molecule has 3 nitrogen and oxygen atoms in total. The number of piperidine rings is 1. The smallest absolute Gasteiger partial charge is 0.107 e. The molecule has 1 saturated heterocycles. The van der Waals surface area contributed by atoms with E-state index in [1.54, 1.807) is 11.8 Å². The molecule has 0 aromatic heterocycles. The molecule has 1 fully saturated rings. The van der Waals surface area contributed by atoms with E-state index >= 15 is 0 Å². The first-order chi connectivity index (χ1) is 9.54. The van der Waals surface area contributed by atoms with Crippen LogP contribution in [0.3, 0.4) is 0 Å². The summed E-state index contributed by atoms with van der Waals surface area (Å²) in [6.45, 7) is 5.90. The predicted octanol–water partition coefficient (Wildman–Crippen LogP) is 2.64. The van der Waals surface area contributed by atoms with Crippen LogP contribution in [0.5, 0.6) is 0 Å². The molecule has 2 unspecified atom stereocenters. The molecule has 0 amide bonds. The monoisotopic (exact) mass is 310 g/mol. The Morgan fingerprint density at radius 1 is 1.55 bits per heavy atom. The minimum absolute atomic E-state index is 0.201. The van der Waals surface area contributed by atoms with Gasteiger partial charge >= 0.3 is 0 Å². The van der Waals surface area contributed by atoms with Crippen LogP contribution < -0.4 is 10.6 Å². The molecule has 0 radical (unpaired) electrons. The van der Waals surface area contributed by atoms with Gasteiger partial charge < -0.3 is 15.7 Å². The average Bonchev–Trinajstić information content (AvgIpc) is 2.42. The number of thiocarbonyl (C=S) groups is 1. The average molecular weight is 310 g/mol. The third-order valence-corrected chi connectivity index (χ3v) is 4.90. The zero-order valence-electron chi connectivity index (χ0n) is 12.0. The highest BCUT2D eigenvalue weighted by atomic mass is 32.2. The SMILES string of the molecule is CCSc1cccc(N2CCC(O)C(C)C2)c1C(N)=S. The number of thioether (sulfide) groups is 1. The maximum atomic E-state index is 9.88. The lowest BCUT2D eigenvalue weighted by molar-refractivity contribution is 0.0971. The van der Waals surface area contributed by atoms with Crippen molar-refractivity contribution in [3.05, 3.63) is 23.8 Å². The van der Waals surface area contributed by atoms with Gasteiger partial charge in [0.15, 0.2) is 0 Å². The molecule has 2 atom stereocenters. The van der Waals surface area contributed by atoms with Crippen molar-refractivity contribution in [3.8, 4) is 0 Å². The zero-order valence-corrected chi connectivity index (χ0v) is 13.6. The normalized spacial score (nSPS) is 22.9. The Hall–Kier alpha value is -0.780. The molecular formula is C15H22N2OS2. The highest BCUT2D eigenvalue weighted by Crippen LogP contribution is 2.33. The number of aliphatic hydroxyl groups is 1. The van der Waals surface area contributed by atoms with Crippen molar-refractivity contribution in [1.82, 2.24) is 0 Å².